The third-order valence-corrected chi connectivity index (χ3v) is 4.79. The van der Waals surface area contributed by atoms with Gasteiger partial charge < -0.3 is 9.84 Å². The molecule has 0 saturated carbocycles. The number of hydrogen-bond acceptors (Lipinski definition) is 4. The minimum absolute atomic E-state index is 0.148. The van der Waals surface area contributed by atoms with E-state index in [0.717, 1.165) is 31.7 Å². The van der Waals surface area contributed by atoms with Gasteiger partial charge in [0.05, 0.1) is 0 Å². The van der Waals surface area contributed by atoms with Crippen molar-refractivity contribution < 1.29 is 14.2 Å². The molecule has 1 atom stereocenters. The molecule has 6 heteroatoms. The normalized spacial score (nSPS) is 17.2. The average molecular weight is 379 g/mol. The van der Waals surface area contributed by atoms with Crippen LogP contribution in [0.4, 0.5) is 4.39 Å². The minimum Gasteiger partial charge on any atom is -0.491 e. The summed E-state index contributed by atoms with van der Waals surface area (Å²) >= 11 is 5.84. The monoisotopic (exact) mass is 378 g/mol. The molecule has 0 spiro atoms. The Labute approximate surface area is 158 Å². The van der Waals surface area contributed by atoms with Crippen LogP contribution in [0.15, 0.2) is 48.5 Å². The second kappa shape index (κ2) is 9.33. The molecule has 1 N–H and O–H groups in total. The van der Waals surface area contributed by atoms with Crippen LogP contribution in [-0.4, -0.2) is 60.3 Å². The summed E-state index contributed by atoms with van der Waals surface area (Å²) in [5.41, 5.74) is 0.734. The number of ether oxygens (including phenoxy) is 1. The van der Waals surface area contributed by atoms with Crippen molar-refractivity contribution in [1.29, 1.82) is 0 Å². The van der Waals surface area contributed by atoms with Crippen molar-refractivity contribution in [2.75, 3.05) is 39.3 Å². The zero-order valence-corrected chi connectivity index (χ0v) is 15.4. The Balaban J connectivity index is 1.38. The highest BCUT2D eigenvalue weighted by Gasteiger charge is 2.20. The molecule has 0 radical (unpaired) electrons. The fourth-order valence-corrected chi connectivity index (χ4v) is 3.20. The van der Waals surface area contributed by atoms with E-state index in [-0.39, 0.29) is 12.4 Å². The van der Waals surface area contributed by atoms with Crippen LogP contribution in [-0.2, 0) is 6.54 Å². The van der Waals surface area contributed by atoms with Crippen LogP contribution in [0.25, 0.3) is 0 Å². The van der Waals surface area contributed by atoms with Crippen LogP contribution in [0.2, 0.25) is 5.02 Å². The van der Waals surface area contributed by atoms with Crippen LogP contribution >= 0.6 is 11.6 Å². The Morgan fingerprint density at radius 1 is 1.00 bits per heavy atom. The number of halogens is 2. The predicted molar refractivity (Wildman–Crippen MR) is 101 cm³/mol. The van der Waals surface area contributed by atoms with Gasteiger partial charge in [0, 0.05) is 49.9 Å². The molecule has 0 unspecified atom stereocenters. The number of hydrogen-bond donors (Lipinski definition) is 1. The summed E-state index contributed by atoms with van der Waals surface area (Å²) in [6, 6.07) is 14.0. The lowest BCUT2D eigenvalue weighted by molar-refractivity contribution is 0.0444. The second-order valence-corrected chi connectivity index (χ2v) is 7.02. The van der Waals surface area contributed by atoms with Crippen LogP contribution < -0.4 is 4.74 Å². The fraction of sp³-hybridized carbons (Fsp3) is 0.400. The molecule has 0 aliphatic carbocycles. The van der Waals surface area contributed by atoms with Crippen molar-refractivity contribution in [1.82, 2.24) is 9.80 Å². The van der Waals surface area contributed by atoms with Gasteiger partial charge in [-0.05, 0) is 30.3 Å². The standard InChI is InChI=1S/C20H24ClFN2O2/c21-17-5-7-19(8-6-17)26-15-18(25)14-24-11-9-23(10-12-24)13-16-3-1-2-4-20(16)22/h1-8,18,25H,9-15H2/t18-/m0/s1. The first-order valence-electron chi connectivity index (χ1n) is 8.85. The smallest absolute Gasteiger partial charge is 0.127 e. The van der Waals surface area contributed by atoms with Crippen LogP contribution in [0.5, 0.6) is 5.75 Å². The first-order chi connectivity index (χ1) is 12.6. The summed E-state index contributed by atoms with van der Waals surface area (Å²) in [6.07, 6.45) is -0.552. The molecule has 4 nitrogen and oxygen atoms in total. The summed E-state index contributed by atoms with van der Waals surface area (Å²) in [4.78, 5) is 4.46. The quantitative estimate of drug-likeness (QED) is 0.803. The fourth-order valence-electron chi connectivity index (χ4n) is 3.07. The van der Waals surface area contributed by atoms with E-state index in [1.165, 1.54) is 6.07 Å². The van der Waals surface area contributed by atoms with E-state index < -0.39 is 6.10 Å². The Morgan fingerprint density at radius 3 is 2.35 bits per heavy atom. The number of piperazine rings is 1. The molecule has 1 fully saturated rings. The van der Waals surface area contributed by atoms with E-state index in [1.807, 2.05) is 12.1 Å². The number of β-amino-alcohol motifs (C(OH)–C–C–N with tert-alkyl or cyclic N) is 1. The van der Waals surface area contributed by atoms with Gasteiger partial charge >= 0.3 is 0 Å². The first kappa shape index (κ1) is 19.1. The molecule has 0 bridgehead atoms. The molecular formula is C20H24ClFN2O2. The van der Waals surface area contributed by atoms with Crippen LogP contribution in [0.3, 0.4) is 0 Å². The Kier molecular flexibility index (Phi) is 6.86. The number of nitrogens with zero attached hydrogens (tertiary/aromatic N) is 2. The van der Waals surface area contributed by atoms with Crippen molar-refractivity contribution in [3.8, 4) is 5.75 Å². The number of aliphatic hydroxyl groups excluding tert-OH is 1. The van der Waals surface area contributed by atoms with Crippen molar-refractivity contribution in [3.05, 3.63) is 64.9 Å². The maximum absolute atomic E-state index is 13.7. The van der Waals surface area contributed by atoms with E-state index in [1.54, 1.807) is 30.3 Å². The van der Waals surface area contributed by atoms with E-state index in [0.29, 0.717) is 23.9 Å². The molecule has 0 amide bonds. The highest BCUT2D eigenvalue weighted by Crippen LogP contribution is 2.16. The van der Waals surface area contributed by atoms with Crippen molar-refractivity contribution >= 4 is 11.6 Å². The zero-order valence-electron chi connectivity index (χ0n) is 14.7. The first-order valence-corrected chi connectivity index (χ1v) is 9.22. The maximum Gasteiger partial charge on any atom is 0.127 e. The van der Waals surface area contributed by atoms with Crippen molar-refractivity contribution in [2.45, 2.75) is 12.6 Å². The van der Waals surface area contributed by atoms with E-state index in [4.69, 9.17) is 16.3 Å². The van der Waals surface area contributed by atoms with Gasteiger partial charge in [-0.1, -0.05) is 29.8 Å². The zero-order chi connectivity index (χ0) is 18.4. The number of aliphatic hydroxyl groups is 1. The predicted octanol–water partition coefficient (Wildman–Crippen LogP) is 3.04. The lowest BCUT2D eigenvalue weighted by atomic mass is 10.2. The highest BCUT2D eigenvalue weighted by atomic mass is 35.5. The molecular weight excluding hydrogens is 355 g/mol. The van der Waals surface area contributed by atoms with Gasteiger partial charge in [0.2, 0.25) is 0 Å². The van der Waals surface area contributed by atoms with E-state index in [2.05, 4.69) is 9.80 Å². The molecule has 2 aromatic rings. The second-order valence-electron chi connectivity index (χ2n) is 6.59. The third kappa shape index (κ3) is 5.68. The maximum atomic E-state index is 13.7. The van der Waals surface area contributed by atoms with Gasteiger partial charge in [0.25, 0.3) is 0 Å². The highest BCUT2D eigenvalue weighted by molar-refractivity contribution is 6.30. The van der Waals surface area contributed by atoms with Crippen molar-refractivity contribution in [2.24, 2.45) is 0 Å². The van der Waals surface area contributed by atoms with Gasteiger partial charge in [-0.15, -0.1) is 0 Å². The Bertz CT molecular complexity index is 690. The largest absolute Gasteiger partial charge is 0.491 e. The summed E-state index contributed by atoms with van der Waals surface area (Å²) in [6.45, 7) is 4.87. The van der Waals surface area contributed by atoms with Gasteiger partial charge in [-0.2, -0.15) is 0 Å². The number of benzene rings is 2. The van der Waals surface area contributed by atoms with Crippen LogP contribution in [0.1, 0.15) is 5.56 Å². The molecule has 1 heterocycles. The number of rotatable bonds is 7. The molecule has 2 aromatic carbocycles. The molecule has 0 aromatic heterocycles. The average Bonchev–Trinajstić information content (AvgIpc) is 2.65. The molecule has 1 aliphatic rings. The van der Waals surface area contributed by atoms with Gasteiger partial charge in [-0.3, -0.25) is 9.80 Å². The van der Waals surface area contributed by atoms with E-state index >= 15 is 0 Å². The summed E-state index contributed by atoms with van der Waals surface area (Å²) < 4.78 is 19.3. The third-order valence-electron chi connectivity index (χ3n) is 4.54. The molecule has 1 saturated heterocycles. The molecule has 3 rings (SSSR count). The van der Waals surface area contributed by atoms with E-state index in [9.17, 15) is 9.50 Å². The Hall–Kier alpha value is -1.66. The Morgan fingerprint density at radius 2 is 1.65 bits per heavy atom. The lowest BCUT2D eigenvalue weighted by Gasteiger charge is -2.35. The molecule has 1 aliphatic heterocycles. The van der Waals surface area contributed by atoms with Gasteiger partial charge in [0.15, 0.2) is 0 Å². The SMILES string of the molecule is O[C@H](COc1ccc(Cl)cc1)CN1CCN(Cc2ccccc2F)CC1. The van der Waals surface area contributed by atoms with Crippen molar-refractivity contribution in [3.63, 3.8) is 0 Å². The molecule has 26 heavy (non-hydrogen) atoms. The van der Waals surface area contributed by atoms with Gasteiger partial charge in [-0.25, -0.2) is 4.39 Å². The van der Waals surface area contributed by atoms with Gasteiger partial charge in [0.1, 0.15) is 24.3 Å². The topological polar surface area (TPSA) is 35.9 Å². The lowest BCUT2D eigenvalue weighted by Crippen LogP contribution is -2.48. The summed E-state index contributed by atoms with van der Waals surface area (Å²) in [7, 11) is 0. The summed E-state index contributed by atoms with van der Waals surface area (Å²) in [5.74, 6) is 0.549. The minimum atomic E-state index is -0.552. The van der Waals surface area contributed by atoms with Crippen LogP contribution in [0, 0.1) is 5.82 Å². The molecule has 140 valence electrons. The summed E-state index contributed by atoms with van der Waals surface area (Å²) in [5, 5.41) is 10.9.